The minimum atomic E-state index is -0.954. The van der Waals surface area contributed by atoms with Gasteiger partial charge in [-0.3, -0.25) is 9.59 Å². The average molecular weight is 237 g/mol. The quantitative estimate of drug-likeness (QED) is 0.542. The number of anilines is 1. The van der Waals surface area contributed by atoms with E-state index in [2.05, 4.69) is 5.32 Å². The van der Waals surface area contributed by atoms with E-state index in [1.807, 2.05) is 0 Å². The predicted molar refractivity (Wildman–Crippen MR) is 62.8 cm³/mol. The fraction of sp³-hybridized carbons (Fsp3) is 0.273. The normalized spacial score (nSPS) is 11.9. The van der Waals surface area contributed by atoms with Gasteiger partial charge in [0.25, 0.3) is 0 Å². The number of primary amides is 1. The van der Waals surface area contributed by atoms with Gasteiger partial charge in [0.15, 0.2) is 0 Å². The predicted octanol–water partition coefficient (Wildman–Crippen LogP) is -0.680. The summed E-state index contributed by atoms with van der Waals surface area (Å²) >= 11 is 0. The molecule has 0 saturated heterocycles. The van der Waals surface area contributed by atoms with Crippen molar-refractivity contribution in [1.82, 2.24) is 0 Å². The maximum absolute atomic E-state index is 11.5. The van der Waals surface area contributed by atoms with Gasteiger partial charge in [0.05, 0.1) is 19.1 Å². The molecule has 17 heavy (non-hydrogen) atoms. The van der Waals surface area contributed by atoms with E-state index in [-0.39, 0.29) is 13.0 Å². The summed E-state index contributed by atoms with van der Waals surface area (Å²) in [5, 5.41) is 11.4. The van der Waals surface area contributed by atoms with Crippen LogP contribution >= 0.6 is 0 Å². The molecule has 0 spiro atoms. The average Bonchev–Trinajstić information content (AvgIpc) is 2.29. The van der Waals surface area contributed by atoms with Gasteiger partial charge in [0.2, 0.25) is 11.8 Å². The lowest BCUT2D eigenvalue weighted by Crippen LogP contribution is -2.38. The van der Waals surface area contributed by atoms with E-state index in [9.17, 15) is 9.59 Å². The molecule has 6 N–H and O–H groups in total. The third kappa shape index (κ3) is 4.21. The van der Waals surface area contributed by atoms with Crippen molar-refractivity contribution >= 4 is 17.5 Å². The zero-order chi connectivity index (χ0) is 12.8. The molecule has 1 rings (SSSR count). The number of rotatable bonds is 5. The summed E-state index contributed by atoms with van der Waals surface area (Å²) in [7, 11) is 0. The Morgan fingerprint density at radius 3 is 2.35 bits per heavy atom. The molecule has 6 heteroatoms. The van der Waals surface area contributed by atoms with Crippen LogP contribution in [0.15, 0.2) is 24.3 Å². The fourth-order valence-corrected chi connectivity index (χ4v) is 1.24. The van der Waals surface area contributed by atoms with E-state index in [0.29, 0.717) is 5.69 Å². The number of amides is 2. The van der Waals surface area contributed by atoms with Gasteiger partial charge in [-0.1, -0.05) is 12.1 Å². The second-order valence-electron chi connectivity index (χ2n) is 3.62. The van der Waals surface area contributed by atoms with Crippen LogP contribution in [0.2, 0.25) is 0 Å². The number of nitrogens with two attached hydrogens (primary N) is 2. The zero-order valence-electron chi connectivity index (χ0n) is 9.22. The highest BCUT2D eigenvalue weighted by Crippen LogP contribution is 2.09. The Kier molecular flexibility index (Phi) is 4.62. The third-order valence-corrected chi connectivity index (χ3v) is 2.16. The van der Waals surface area contributed by atoms with E-state index in [1.54, 1.807) is 24.3 Å². The largest absolute Gasteiger partial charge is 0.392 e. The van der Waals surface area contributed by atoms with E-state index >= 15 is 0 Å². The van der Waals surface area contributed by atoms with Crippen molar-refractivity contribution in [2.45, 2.75) is 19.1 Å². The molecule has 0 aliphatic heterocycles. The molecule has 0 fully saturated rings. The lowest BCUT2D eigenvalue weighted by atomic mass is 10.2. The molecule has 1 unspecified atom stereocenters. The van der Waals surface area contributed by atoms with Crippen LogP contribution in [0.4, 0.5) is 5.69 Å². The van der Waals surface area contributed by atoms with E-state index in [1.165, 1.54) is 0 Å². The molecule has 6 nitrogen and oxygen atoms in total. The first-order chi connectivity index (χ1) is 8.02. The molecule has 1 atom stereocenters. The van der Waals surface area contributed by atoms with Crippen LogP contribution < -0.4 is 16.8 Å². The number of carbonyl (C=O) groups is 2. The zero-order valence-corrected chi connectivity index (χ0v) is 9.22. The van der Waals surface area contributed by atoms with Gasteiger partial charge in [-0.25, -0.2) is 0 Å². The first-order valence-electron chi connectivity index (χ1n) is 5.07. The van der Waals surface area contributed by atoms with Gasteiger partial charge >= 0.3 is 0 Å². The Hall–Kier alpha value is -1.92. The number of hydrogen-bond acceptors (Lipinski definition) is 4. The van der Waals surface area contributed by atoms with Gasteiger partial charge in [-0.05, 0) is 17.7 Å². The molecule has 0 aliphatic rings. The van der Waals surface area contributed by atoms with Crippen LogP contribution in [-0.4, -0.2) is 23.0 Å². The lowest BCUT2D eigenvalue weighted by Gasteiger charge is -2.10. The molecule has 1 aromatic rings. The fourth-order valence-electron chi connectivity index (χ4n) is 1.24. The van der Waals surface area contributed by atoms with Crippen molar-refractivity contribution in [3.63, 3.8) is 0 Å². The summed E-state index contributed by atoms with van der Waals surface area (Å²) in [6.07, 6.45) is -0.194. The molecule has 2 amide bonds. The van der Waals surface area contributed by atoms with Crippen molar-refractivity contribution in [2.75, 3.05) is 5.32 Å². The molecule has 92 valence electrons. The number of benzene rings is 1. The molecular formula is C11H15N3O3. The molecule has 1 aromatic carbocycles. The first kappa shape index (κ1) is 13.1. The Morgan fingerprint density at radius 2 is 1.88 bits per heavy atom. The lowest BCUT2D eigenvalue weighted by molar-refractivity contribution is -0.123. The molecular weight excluding hydrogens is 222 g/mol. The molecule has 0 heterocycles. The summed E-state index contributed by atoms with van der Waals surface area (Å²) in [5.74, 6) is -1.09. The SMILES string of the molecule is NC(=O)CC(N)C(=O)Nc1ccc(CO)cc1. The van der Waals surface area contributed by atoms with Crippen molar-refractivity contribution in [2.24, 2.45) is 11.5 Å². The van der Waals surface area contributed by atoms with Gasteiger partial charge in [-0.2, -0.15) is 0 Å². The Balaban J connectivity index is 2.58. The highest BCUT2D eigenvalue weighted by Gasteiger charge is 2.15. The number of aliphatic hydroxyl groups is 1. The summed E-state index contributed by atoms with van der Waals surface area (Å²) in [6, 6.07) is 5.68. The van der Waals surface area contributed by atoms with E-state index in [0.717, 1.165) is 5.56 Å². The van der Waals surface area contributed by atoms with Crippen LogP contribution in [0.25, 0.3) is 0 Å². The molecule has 0 radical (unpaired) electrons. The third-order valence-electron chi connectivity index (χ3n) is 2.16. The number of nitrogens with one attached hydrogen (secondary N) is 1. The first-order valence-corrected chi connectivity index (χ1v) is 5.07. The Labute approximate surface area is 98.6 Å². The summed E-state index contributed by atoms with van der Waals surface area (Å²) < 4.78 is 0. The van der Waals surface area contributed by atoms with Crippen LogP contribution in [0, 0.1) is 0 Å². The van der Waals surface area contributed by atoms with Crippen molar-refractivity contribution < 1.29 is 14.7 Å². The summed E-state index contributed by atoms with van der Waals surface area (Å²) in [5.41, 5.74) is 11.7. The van der Waals surface area contributed by atoms with Gasteiger partial charge in [-0.15, -0.1) is 0 Å². The standard InChI is InChI=1S/C11H15N3O3/c12-9(5-10(13)16)11(17)14-8-3-1-7(6-15)2-4-8/h1-4,9,15H,5-6,12H2,(H2,13,16)(H,14,17). The highest BCUT2D eigenvalue weighted by molar-refractivity contribution is 5.97. The Bertz CT molecular complexity index is 403. The molecule has 0 saturated carbocycles. The maximum atomic E-state index is 11.5. The van der Waals surface area contributed by atoms with Gasteiger partial charge in [0.1, 0.15) is 0 Å². The number of carbonyl (C=O) groups excluding carboxylic acids is 2. The van der Waals surface area contributed by atoms with Crippen molar-refractivity contribution in [1.29, 1.82) is 0 Å². The van der Waals surface area contributed by atoms with Crippen LogP contribution in [0.5, 0.6) is 0 Å². The van der Waals surface area contributed by atoms with Gasteiger partial charge in [0, 0.05) is 5.69 Å². The second kappa shape index (κ2) is 5.97. The Morgan fingerprint density at radius 1 is 1.29 bits per heavy atom. The van der Waals surface area contributed by atoms with Crippen molar-refractivity contribution in [3.8, 4) is 0 Å². The second-order valence-corrected chi connectivity index (χ2v) is 3.62. The molecule has 0 aromatic heterocycles. The van der Waals surface area contributed by atoms with E-state index < -0.39 is 17.9 Å². The highest BCUT2D eigenvalue weighted by atomic mass is 16.3. The molecule has 0 bridgehead atoms. The summed E-state index contributed by atoms with van der Waals surface area (Å²) in [6.45, 7) is -0.0601. The number of aliphatic hydroxyl groups excluding tert-OH is 1. The van der Waals surface area contributed by atoms with Crippen LogP contribution in [0.3, 0.4) is 0 Å². The topological polar surface area (TPSA) is 118 Å². The van der Waals surface area contributed by atoms with Crippen LogP contribution in [-0.2, 0) is 16.2 Å². The monoisotopic (exact) mass is 237 g/mol. The molecule has 0 aliphatic carbocycles. The van der Waals surface area contributed by atoms with E-state index in [4.69, 9.17) is 16.6 Å². The maximum Gasteiger partial charge on any atom is 0.241 e. The van der Waals surface area contributed by atoms with Crippen LogP contribution in [0.1, 0.15) is 12.0 Å². The minimum absolute atomic E-state index is 0.0601. The smallest absolute Gasteiger partial charge is 0.241 e. The van der Waals surface area contributed by atoms with Crippen molar-refractivity contribution in [3.05, 3.63) is 29.8 Å². The summed E-state index contributed by atoms with van der Waals surface area (Å²) in [4.78, 5) is 22.1. The number of hydrogen-bond donors (Lipinski definition) is 4. The minimum Gasteiger partial charge on any atom is -0.392 e. The van der Waals surface area contributed by atoms with Gasteiger partial charge < -0.3 is 21.9 Å².